The van der Waals surface area contributed by atoms with Crippen molar-refractivity contribution in [3.63, 3.8) is 0 Å². The molecular weight excluding hydrogens is 194 g/mol. The fraction of sp³-hybridized carbons (Fsp3) is 0.500. The molecule has 1 heterocycles. The molecule has 72 valence electrons. The van der Waals surface area contributed by atoms with Gasteiger partial charge in [0, 0.05) is 0 Å². The number of aliphatic hydroxyl groups excluding tert-OH is 1. The summed E-state index contributed by atoms with van der Waals surface area (Å²) < 4.78 is 6.11. The maximum Gasteiger partial charge on any atom is 0.325 e. The van der Waals surface area contributed by atoms with Crippen molar-refractivity contribution < 1.29 is 14.6 Å². The van der Waals surface area contributed by atoms with E-state index in [4.69, 9.17) is 17.3 Å². The van der Waals surface area contributed by atoms with Gasteiger partial charge in [0.1, 0.15) is 13.2 Å². The van der Waals surface area contributed by atoms with Gasteiger partial charge in [-0.25, -0.2) is 0 Å². The Kier molecular flexibility index (Phi) is 3.15. The smallest absolute Gasteiger partial charge is 0.325 e. The Hall–Kier alpha value is -1.21. The van der Waals surface area contributed by atoms with E-state index in [1.807, 2.05) is 0 Å². The fourth-order valence-corrected chi connectivity index (χ4v) is 1.04. The second-order valence-corrected chi connectivity index (χ2v) is 2.65. The van der Waals surface area contributed by atoms with Crippen LogP contribution in [0.1, 0.15) is 5.82 Å². The average molecular weight is 203 g/mol. The SMILES string of the molecule is COC(=O)Cn1c(CO)n[nH]c1=S. The van der Waals surface area contributed by atoms with Crippen molar-refractivity contribution in [2.45, 2.75) is 13.2 Å². The first kappa shape index (κ1) is 9.87. The Morgan fingerprint density at radius 2 is 2.54 bits per heavy atom. The number of hydrogen-bond acceptors (Lipinski definition) is 5. The molecule has 0 spiro atoms. The van der Waals surface area contributed by atoms with Crippen molar-refractivity contribution in [3.8, 4) is 0 Å². The van der Waals surface area contributed by atoms with E-state index in [0.29, 0.717) is 5.82 Å². The summed E-state index contributed by atoms with van der Waals surface area (Å²) in [5, 5.41) is 15.0. The Bertz CT molecular complexity index is 356. The largest absolute Gasteiger partial charge is 0.468 e. The van der Waals surface area contributed by atoms with Crippen molar-refractivity contribution in [2.24, 2.45) is 0 Å². The van der Waals surface area contributed by atoms with Gasteiger partial charge in [-0.1, -0.05) is 0 Å². The van der Waals surface area contributed by atoms with Crippen molar-refractivity contribution in [3.05, 3.63) is 10.6 Å². The minimum atomic E-state index is -0.438. The number of ether oxygens (including phenoxy) is 1. The molecule has 13 heavy (non-hydrogen) atoms. The van der Waals surface area contributed by atoms with Gasteiger partial charge in [-0.2, -0.15) is 5.10 Å². The fourth-order valence-electron chi connectivity index (χ4n) is 0.828. The lowest BCUT2D eigenvalue weighted by Crippen LogP contribution is -2.14. The quantitative estimate of drug-likeness (QED) is 0.516. The third kappa shape index (κ3) is 2.13. The molecule has 0 atom stereocenters. The Morgan fingerprint density at radius 1 is 1.85 bits per heavy atom. The molecule has 1 aromatic rings. The molecule has 2 N–H and O–H groups in total. The summed E-state index contributed by atoms with van der Waals surface area (Å²) in [4.78, 5) is 10.9. The summed E-state index contributed by atoms with van der Waals surface area (Å²) >= 11 is 4.83. The number of nitrogens with zero attached hydrogens (tertiary/aromatic N) is 2. The lowest BCUT2D eigenvalue weighted by molar-refractivity contribution is -0.141. The predicted octanol–water partition coefficient (Wildman–Crippen LogP) is -0.394. The van der Waals surface area contributed by atoms with Crippen LogP contribution in [-0.2, 0) is 22.7 Å². The van der Waals surface area contributed by atoms with E-state index in [2.05, 4.69) is 14.9 Å². The molecule has 0 bridgehead atoms. The van der Waals surface area contributed by atoms with Crippen LogP contribution < -0.4 is 0 Å². The highest BCUT2D eigenvalue weighted by molar-refractivity contribution is 7.71. The van der Waals surface area contributed by atoms with Crippen LogP contribution in [0.15, 0.2) is 0 Å². The van der Waals surface area contributed by atoms with Crippen LogP contribution in [0.4, 0.5) is 0 Å². The second-order valence-electron chi connectivity index (χ2n) is 2.27. The summed E-state index contributed by atoms with van der Waals surface area (Å²) in [6, 6.07) is 0. The van der Waals surface area contributed by atoms with Gasteiger partial charge in [0.05, 0.1) is 7.11 Å². The minimum Gasteiger partial charge on any atom is -0.468 e. The van der Waals surface area contributed by atoms with E-state index < -0.39 is 5.97 Å². The average Bonchev–Trinajstić information content (AvgIpc) is 2.48. The van der Waals surface area contributed by atoms with Crippen molar-refractivity contribution in [1.29, 1.82) is 0 Å². The van der Waals surface area contributed by atoms with Crippen LogP contribution in [-0.4, -0.2) is 33.0 Å². The summed E-state index contributed by atoms with van der Waals surface area (Å²) in [5.74, 6) is -0.123. The van der Waals surface area contributed by atoms with Crippen LogP contribution >= 0.6 is 12.2 Å². The van der Waals surface area contributed by atoms with Gasteiger partial charge in [0.15, 0.2) is 10.6 Å². The van der Waals surface area contributed by atoms with Gasteiger partial charge in [0.2, 0.25) is 0 Å². The second kappa shape index (κ2) is 4.15. The van der Waals surface area contributed by atoms with Crippen molar-refractivity contribution in [1.82, 2.24) is 14.8 Å². The number of rotatable bonds is 3. The van der Waals surface area contributed by atoms with E-state index in [9.17, 15) is 4.79 Å². The number of carbonyl (C=O) groups is 1. The molecule has 1 aromatic heterocycles. The predicted molar refractivity (Wildman–Crippen MR) is 45.4 cm³/mol. The maximum atomic E-state index is 10.9. The molecule has 0 aliphatic rings. The minimum absolute atomic E-state index is 0.0400. The van der Waals surface area contributed by atoms with Crippen LogP contribution in [0.3, 0.4) is 0 Å². The van der Waals surface area contributed by atoms with Gasteiger partial charge < -0.3 is 9.84 Å². The molecule has 0 aromatic carbocycles. The first-order valence-corrected chi connectivity index (χ1v) is 3.91. The van der Waals surface area contributed by atoms with E-state index in [1.165, 1.54) is 11.7 Å². The molecule has 0 aliphatic carbocycles. The number of esters is 1. The number of carbonyl (C=O) groups excluding carboxylic acids is 1. The molecule has 7 heteroatoms. The summed E-state index contributed by atoms with van der Waals surface area (Å²) in [6.07, 6.45) is 0. The molecule has 1 rings (SSSR count). The van der Waals surface area contributed by atoms with Crippen LogP contribution in [0.2, 0.25) is 0 Å². The lowest BCUT2D eigenvalue weighted by atomic mass is 10.5. The monoisotopic (exact) mass is 203 g/mol. The number of hydrogen-bond donors (Lipinski definition) is 2. The Morgan fingerprint density at radius 3 is 3.08 bits per heavy atom. The van der Waals surface area contributed by atoms with Crippen LogP contribution in [0, 0.1) is 4.77 Å². The van der Waals surface area contributed by atoms with Gasteiger partial charge >= 0.3 is 5.97 Å². The number of aromatic nitrogens is 3. The lowest BCUT2D eigenvalue weighted by Gasteiger charge is -2.02. The zero-order valence-electron chi connectivity index (χ0n) is 6.98. The first-order valence-electron chi connectivity index (χ1n) is 3.50. The summed E-state index contributed by atoms with van der Waals surface area (Å²) in [7, 11) is 1.28. The number of methoxy groups -OCH3 is 1. The zero-order chi connectivity index (χ0) is 9.84. The number of aromatic amines is 1. The molecular formula is C6H9N3O3S. The number of nitrogens with one attached hydrogen (secondary N) is 1. The van der Waals surface area contributed by atoms with Gasteiger partial charge in [0.25, 0.3) is 0 Å². The molecule has 0 fully saturated rings. The van der Waals surface area contributed by atoms with E-state index >= 15 is 0 Å². The van der Waals surface area contributed by atoms with E-state index in [0.717, 1.165) is 0 Å². The molecule has 0 aliphatic heterocycles. The standard InChI is InChI=1S/C6H9N3O3S/c1-12-5(11)2-9-4(3-10)7-8-6(9)13/h10H,2-3H2,1H3,(H,8,13). The van der Waals surface area contributed by atoms with Gasteiger partial charge in [-0.05, 0) is 12.2 Å². The molecule has 0 saturated heterocycles. The Labute approximate surface area is 79.1 Å². The first-order chi connectivity index (χ1) is 6.19. The van der Waals surface area contributed by atoms with Crippen molar-refractivity contribution >= 4 is 18.2 Å². The van der Waals surface area contributed by atoms with E-state index in [-0.39, 0.29) is 17.9 Å². The van der Waals surface area contributed by atoms with Gasteiger partial charge in [-0.15, -0.1) is 0 Å². The summed E-state index contributed by atoms with van der Waals surface area (Å²) in [5.41, 5.74) is 0. The van der Waals surface area contributed by atoms with Gasteiger partial charge in [-0.3, -0.25) is 14.5 Å². The molecule has 0 amide bonds. The van der Waals surface area contributed by atoms with Crippen LogP contribution in [0.25, 0.3) is 0 Å². The molecule has 6 nitrogen and oxygen atoms in total. The van der Waals surface area contributed by atoms with E-state index in [1.54, 1.807) is 0 Å². The maximum absolute atomic E-state index is 10.9. The molecule has 0 unspecified atom stereocenters. The highest BCUT2D eigenvalue weighted by atomic mass is 32.1. The highest BCUT2D eigenvalue weighted by Crippen LogP contribution is 1.97. The third-order valence-corrected chi connectivity index (χ3v) is 1.81. The number of H-pyrrole nitrogens is 1. The molecule has 0 radical (unpaired) electrons. The zero-order valence-corrected chi connectivity index (χ0v) is 7.80. The number of aliphatic hydroxyl groups is 1. The van der Waals surface area contributed by atoms with Crippen LogP contribution in [0.5, 0.6) is 0 Å². The topological polar surface area (TPSA) is 80.1 Å². The summed E-state index contributed by atoms with van der Waals surface area (Å²) in [6.45, 7) is -0.314. The highest BCUT2D eigenvalue weighted by Gasteiger charge is 2.08. The molecule has 0 saturated carbocycles. The third-order valence-electron chi connectivity index (χ3n) is 1.49. The van der Waals surface area contributed by atoms with Crippen molar-refractivity contribution in [2.75, 3.05) is 7.11 Å². The Balaban J connectivity index is 2.92. The normalized spacial score (nSPS) is 10.0.